The molecule has 1 aromatic heterocycles. The van der Waals surface area contributed by atoms with Crippen molar-refractivity contribution in [2.24, 2.45) is 0 Å². The first-order chi connectivity index (χ1) is 9.74. The Kier molecular flexibility index (Phi) is 3.75. The third-order valence-corrected chi connectivity index (χ3v) is 4.43. The number of thioether (sulfide) groups is 1. The molecule has 1 aliphatic rings. The molecule has 0 amide bonds. The molecule has 20 heavy (non-hydrogen) atoms. The van der Waals surface area contributed by atoms with Gasteiger partial charge in [0.05, 0.1) is 12.6 Å². The van der Waals surface area contributed by atoms with Crippen LogP contribution in [0.3, 0.4) is 0 Å². The van der Waals surface area contributed by atoms with Crippen LogP contribution in [0.25, 0.3) is 0 Å². The monoisotopic (exact) mass is 290 g/mol. The molecule has 3 rings (SSSR count). The van der Waals surface area contributed by atoms with E-state index in [2.05, 4.69) is 17.4 Å². The first-order valence-corrected chi connectivity index (χ1v) is 7.41. The van der Waals surface area contributed by atoms with Gasteiger partial charge in [0.2, 0.25) is 0 Å². The minimum atomic E-state index is -0.518. The van der Waals surface area contributed by atoms with Crippen LogP contribution < -0.4 is 5.32 Å². The molecule has 0 aliphatic carbocycles. The van der Waals surface area contributed by atoms with Crippen LogP contribution in [0.4, 0.5) is 5.88 Å². The van der Waals surface area contributed by atoms with Crippen molar-refractivity contribution in [3.05, 3.63) is 57.8 Å². The largest absolute Gasteiger partial charge is 0.433 e. The van der Waals surface area contributed by atoms with Crippen LogP contribution in [0, 0.1) is 10.1 Å². The number of nitrogens with zero attached hydrogens (tertiary/aromatic N) is 1. The van der Waals surface area contributed by atoms with Crippen LogP contribution in [-0.2, 0) is 6.54 Å². The lowest BCUT2D eigenvalue weighted by molar-refractivity contribution is -0.402. The minimum Gasteiger partial charge on any atom is -0.404 e. The van der Waals surface area contributed by atoms with E-state index in [1.54, 1.807) is 6.07 Å². The molecule has 1 aliphatic heterocycles. The molecule has 2 aromatic rings. The lowest BCUT2D eigenvalue weighted by Gasteiger charge is -2.25. The van der Waals surface area contributed by atoms with Crippen molar-refractivity contribution in [2.45, 2.75) is 23.9 Å². The molecule has 0 saturated carbocycles. The maximum Gasteiger partial charge on any atom is 0.433 e. The van der Waals surface area contributed by atoms with Crippen LogP contribution in [0.2, 0.25) is 0 Å². The number of fused-ring (bicyclic) bond motifs is 1. The van der Waals surface area contributed by atoms with Gasteiger partial charge in [-0.05, 0) is 29.9 Å². The van der Waals surface area contributed by atoms with Crippen molar-refractivity contribution >= 4 is 17.6 Å². The molecule has 0 fully saturated rings. The molecule has 5 nitrogen and oxygen atoms in total. The quantitative estimate of drug-likeness (QED) is 0.689. The van der Waals surface area contributed by atoms with Crippen LogP contribution in [-0.4, -0.2) is 10.7 Å². The predicted molar refractivity (Wildman–Crippen MR) is 76.7 cm³/mol. The van der Waals surface area contributed by atoms with Crippen molar-refractivity contribution in [3.63, 3.8) is 0 Å². The number of nitrogens with one attached hydrogen (secondary N) is 1. The SMILES string of the molecule is O=[N+]([O-])c1ccc(CNC2CCSc3ccccc32)o1. The molecule has 0 spiro atoms. The van der Waals surface area contributed by atoms with E-state index in [9.17, 15) is 10.1 Å². The van der Waals surface area contributed by atoms with Crippen LogP contribution in [0.1, 0.15) is 23.8 Å². The first-order valence-electron chi connectivity index (χ1n) is 6.42. The van der Waals surface area contributed by atoms with Crippen LogP contribution in [0.15, 0.2) is 45.7 Å². The molecule has 0 bridgehead atoms. The molecule has 0 radical (unpaired) electrons. The average molecular weight is 290 g/mol. The topological polar surface area (TPSA) is 68.3 Å². The number of furan rings is 1. The van der Waals surface area contributed by atoms with Crippen molar-refractivity contribution in [2.75, 3.05) is 5.75 Å². The van der Waals surface area contributed by atoms with Crippen molar-refractivity contribution in [1.29, 1.82) is 0 Å². The van der Waals surface area contributed by atoms with Gasteiger partial charge in [0, 0.05) is 10.9 Å². The molecular weight excluding hydrogens is 276 g/mol. The Hall–Kier alpha value is -1.79. The minimum absolute atomic E-state index is 0.207. The van der Waals surface area contributed by atoms with Crippen molar-refractivity contribution in [3.8, 4) is 0 Å². The van der Waals surface area contributed by atoms with Crippen molar-refractivity contribution < 1.29 is 9.34 Å². The Labute approximate surface area is 120 Å². The molecule has 1 atom stereocenters. The summed E-state index contributed by atoms with van der Waals surface area (Å²) in [5, 5.41) is 14.0. The number of benzene rings is 1. The highest BCUT2D eigenvalue weighted by Crippen LogP contribution is 2.35. The zero-order valence-electron chi connectivity index (χ0n) is 10.7. The molecule has 1 aromatic carbocycles. The van der Waals surface area contributed by atoms with E-state index in [0.717, 1.165) is 12.2 Å². The van der Waals surface area contributed by atoms with Gasteiger partial charge in [-0.25, -0.2) is 0 Å². The van der Waals surface area contributed by atoms with E-state index < -0.39 is 4.92 Å². The summed E-state index contributed by atoms with van der Waals surface area (Å²) >= 11 is 1.87. The highest BCUT2D eigenvalue weighted by atomic mass is 32.2. The van der Waals surface area contributed by atoms with Gasteiger partial charge in [-0.1, -0.05) is 18.2 Å². The maximum absolute atomic E-state index is 10.6. The summed E-state index contributed by atoms with van der Waals surface area (Å²) in [6.07, 6.45) is 1.05. The molecule has 1 N–H and O–H groups in total. The maximum atomic E-state index is 10.6. The second-order valence-corrected chi connectivity index (χ2v) is 5.74. The zero-order chi connectivity index (χ0) is 13.9. The average Bonchev–Trinajstić information content (AvgIpc) is 2.94. The van der Waals surface area contributed by atoms with Crippen molar-refractivity contribution in [1.82, 2.24) is 5.32 Å². The van der Waals surface area contributed by atoms with Gasteiger partial charge in [-0.15, -0.1) is 11.8 Å². The van der Waals surface area contributed by atoms with Gasteiger partial charge in [0.15, 0.2) is 0 Å². The molecule has 6 heteroatoms. The standard InChI is InChI=1S/C14H14N2O3S/c17-16(18)14-6-5-10(19-14)9-15-12-7-8-20-13-4-2-1-3-11(12)13/h1-6,12,15H,7-9H2. The Morgan fingerprint density at radius 1 is 1.35 bits per heavy atom. The Bertz CT molecular complexity index is 626. The number of hydrogen-bond acceptors (Lipinski definition) is 5. The Morgan fingerprint density at radius 2 is 2.20 bits per heavy atom. The van der Waals surface area contributed by atoms with Gasteiger partial charge in [0.1, 0.15) is 10.7 Å². The summed E-state index contributed by atoms with van der Waals surface area (Å²) in [6.45, 7) is 0.498. The second kappa shape index (κ2) is 5.68. The number of hydrogen-bond donors (Lipinski definition) is 1. The fourth-order valence-electron chi connectivity index (χ4n) is 2.34. The first kappa shape index (κ1) is 13.2. The lowest BCUT2D eigenvalue weighted by atomic mass is 10.0. The van der Waals surface area contributed by atoms with Gasteiger partial charge in [0.25, 0.3) is 0 Å². The van der Waals surface area contributed by atoms with E-state index in [1.165, 1.54) is 16.5 Å². The highest BCUT2D eigenvalue weighted by Gasteiger charge is 2.20. The molecule has 1 unspecified atom stereocenters. The molecular formula is C14H14N2O3S. The third kappa shape index (κ3) is 2.71. The molecule has 104 valence electrons. The fourth-order valence-corrected chi connectivity index (χ4v) is 3.46. The smallest absolute Gasteiger partial charge is 0.404 e. The summed E-state index contributed by atoms with van der Waals surface area (Å²) in [7, 11) is 0. The molecule has 0 saturated heterocycles. The van der Waals surface area contributed by atoms with E-state index in [0.29, 0.717) is 12.3 Å². The van der Waals surface area contributed by atoms with Crippen LogP contribution >= 0.6 is 11.8 Å². The Balaban J connectivity index is 1.68. The van der Waals surface area contributed by atoms with Gasteiger partial charge in [-0.3, -0.25) is 10.1 Å². The number of rotatable bonds is 4. The fraction of sp³-hybridized carbons (Fsp3) is 0.286. The summed E-state index contributed by atoms with van der Waals surface area (Å²) < 4.78 is 5.16. The summed E-state index contributed by atoms with van der Waals surface area (Å²) in [4.78, 5) is 11.4. The van der Waals surface area contributed by atoms with Crippen LogP contribution in [0.5, 0.6) is 0 Å². The highest BCUT2D eigenvalue weighted by molar-refractivity contribution is 7.99. The van der Waals surface area contributed by atoms with Gasteiger partial charge < -0.3 is 9.73 Å². The third-order valence-electron chi connectivity index (χ3n) is 3.31. The van der Waals surface area contributed by atoms with Gasteiger partial charge in [-0.2, -0.15) is 0 Å². The van der Waals surface area contributed by atoms with E-state index in [-0.39, 0.29) is 11.9 Å². The molecule has 2 heterocycles. The normalized spacial score (nSPS) is 17.7. The van der Waals surface area contributed by atoms with E-state index in [4.69, 9.17) is 4.42 Å². The zero-order valence-corrected chi connectivity index (χ0v) is 11.6. The van der Waals surface area contributed by atoms with Gasteiger partial charge >= 0.3 is 5.88 Å². The summed E-state index contributed by atoms with van der Waals surface area (Å²) in [5.41, 5.74) is 1.30. The Morgan fingerprint density at radius 3 is 3.00 bits per heavy atom. The summed E-state index contributed by atoms with van der Waals surface area (Å²) in [5.74, 6) is 1.46. The lowest BCUT2D eigenvalue weighted by Crippen LogP contribution is -2.23. The second-order valence-electron chi connectivity index (χ2n) is 4.61. The van der Waals surface area contributed by atoms with E-state index in [1.807, 2.05) is 23.9 Å². The van der Waals surface area contributed by atoms with E-state index >= 15 is 0 Å². The summed E-state index contributed by atoms with van der Waals surface area (Å²) in [6, 6.07) is 11.7. The predicted octanol–water partition coefficient (Wildman–Crippen LogP) is 3.51. The number of nitro groups is 1.